The monoisotopic (exact) mass is 205 g/mol. The van der Waals surface area contributed by atoms with Crippen molar-refractivity contribution in [2.24, 2.45) is 4.99 Å². The van der Waals surface area contributed by atoms with Crippen LogP contribution in [0.25, 0.3) is 0 Å². The summed E-state index contributed by atoms with van der Waals surface area (Å²) in [6, 6.07) is 0. The van der Waals surface area contributed by atoms with Gasteiger partial charge < -0.3 is 25.2 Å². The maximum Gasteiger partial charge on any atom is 0.215 e. The molecule has 0 bridgehead atoms. The summed E-state index contributed by atoms with van der Waals surface area (Å²) in [5, 5.41) is 37.5. The van der Waals surface area contributed by atoms with Gasteiger partial charge in [-0.2, -0.15) is 0 Å². The molecule has 0 amide bonds. The van der Waals surface area contributed by atoms with Crippen LogP contribution in [0.15, 0.2) is 4.99 Å². The van der Waals surface area contributed by atoms with Crippen LogP contribution in [0.3, 0.4) is 0 Å². The number of aliphatic hydroxyl groups is 4. The van der Waals surface area contributed by atoms with Crippen molar-refractivity contribution in [1.82, 2.24) is 0 Å². The molecule has 0 radical (unpaired) electrons. The minimum atomic E-state index is -1.91. The number of aliphatic imine (C=N–C) groups is 1. The van der Waals surface area contributed by atoms with E-state index >= 15 is 0 Å². The van der Waals surface area contributed by atoms with Crippen LogP contribution >= 0.6 is 0 Å². The van der Waals surface area contributed by atoms with Crippen molar-refractivity contribution in [2.45, 2.75) is 31.0 Å². The van der Waals surface area contributed by atoms with Gasteiger partial charge in [0.15, 0.2) is 0 Å². The lowest BCUT2D eigenvalue weighted by Crippen LogP contribution is -2.62. The summed E-state index contributed by atoms with van der Waals surface area (Å²) in [7, 11) is 0. The Bertz CT molecular complexity index is 222. The molecule has 4 N–H and O–H groups in total. The van der Waals surface area contributed by atoms with Gasteiger partial charge in [0, 0.05) is 0 Å². The molecule has 0 aromatic rings. The van der Waals surface area contributed by atoms with Gasteiger partial charge in [-0.3, -0.25) is 4.99 Å². The van der Waals surface area contributed by atoms with Crippen LogP contribution in [-0.2, 0) is 4.74 Å². The Morgan fingerprint density at radius 3 is 2.71 bits per heavy atom. The lowest BCUT2D eigenvalue weighted by molar-refractivity contribution is -0.315. The van der Waals surface area contributed by atoms with Crippen LogP contribution < -0.4 is 0 Å². The van der Waals surface area contributed by atoms with Gasteiger partial charge in [-0.1, -0.05) is 0 Å². The topological polar surface area (TPSA) is 103 Å². The summed E-state index contributed by atoms with van der Waals surface area (Å²) in [6.07, 6.45) is -2.71. The highest BCUT2D eigenvalue weighted by atomic mass is 16.6. The van der Waals surface area contributed by atoms with Gasteiger partial charge in [0.2, 0.25) is 5.79 Å². The summed E-state index contributed by atoms with van der Waals surface area (Å²) in [4.78, 5) is 3.72. The van der Waals surface area contributed by atoms with Gasteiger partial charge in [-0.25, -0.2) is 0 Å². The fourth-order valence-corrected chi connectivity index (χ4v) is 1.25. The molecule has 0 spiro atoms. The summed E-state index contributed by atoms with van der Waals surface area (Å²) >= 11 is 0. The number of hydrogen-bond donors (Lipinski definition) is 4. The van der Waals surface area contributed by atoms with Crippen molar-refractivity contribution in [3.8, 4) is 0 Å². The highest BCUT2D eigenvalue weighted by Gasteiger charge is 2.48. The number of ether oxygens (including phenoxy) is 1. The predicted molar refractivity (Wildman–Crippen MR) is 48.0 cm³/mol. The third kappa shape index (κ3) is 2.10. The highest BCUT2D eigenvalue weighted by molar-refractivity contribution is 5.53. The van der Waals surface area contributed by atoms with Gasteiger partial charge in [0.25, 0.3) is 0 Å². The zero-order chi connectivity index (χ0) is 10.8. The maximum atomic E-state index is 9.70. The Hall–Kier alpha value is -0.530. The van der Waals surface area contributed by atoms with Crippen molar-refractivity contribution in [3.63, 3.8) is 0 Å². The number of nitrogens with zero attached hydrogens (tertiary/aromatic N) is 1. The molecule has 6 nitrogen and oxygen atoms in total. The van der Waals surface area contributed by atoms with Crippen LogP contribution in [0, 0.1) is 0 Å². The fourth-order valence-electron chi connectivity index (χ4n) is 1.25. The average molecular weight is 205 g/mol. The molecule has 0 aromatic heterocycles. The molecule has 14 heavy (non-hydrogen) atoms. The van der Waals surface area contributed by atoms with Gasteiger partial charge in [0.1, 0.15) is 18.3 Å². The summed E-state index contributed by atoms with van der Waals surface area (Å²) < 4.78 is 4.84. The van der Waals surface area contributed by atoms with Crippen molar-refractivity contribution < 1.29 is 25.2 Å². The number of hydrogen-bond acceptors (Lipinski definition) is 6. The Labute approximate surface area is 81.5 Å². The van der Waals surface area contributed by atoms with Crippen LogP contribution in [0.5, 0.6) is 0 Å². The SMILES string of the molecule is CC=NCC1(O)OCC(O)C(O)C1O. The first kappa shape index (κ1) is 11.5. The van der Waals surface area contributed by atoms with Crippen molar-refractivity contribution in [3.05, 3.63) is 0 Å². The Balaban J connectivity index is 2.69. The molecule has 4 unspecified atom stereocenters. The molecule has 0 saturated carbocycles. The maximum absolute atomic E-state index is 9.70. The second-order valence-electron chi connectivity index (χ2n) is 3.26. The molecular weight excluding hydrogens is 190 g/mol. The summed E-state index contributed by atoms with van der Waals surface area (Å²) in [5.41, 5.74) is 0. The number of aliphatic hydroxyl groups excluding tert-OH is 3. The lowest BCUT2D eigenvalue weighted by atomic mass is 9.97. The molecule has 0 aliphatic carbocycles. The van der Waals surface area contributed by atoms with Gasteiger partial charge in [-0.15, -0.1) is 0 Å². The molecular formula is C8H15NO5. The molecule has 0 aromatic carbocycles. The average Bonchev–Trinajstić information content (AvgIpc) is 2.19. The van der Waals surface area contributed by atoms with Crippen LogP contribution in [0.1, 0.15) is 6.92 Å². The molecule has 4 atom stereocenters. The molecule has 1 aliphatic heterocycles. The van der Waals surface area contributed by atoms with E-state index in [1.165, 1.54) is 6.21 Å². The Morgan fingerprint density at radius 2 is 2.14 bits per heavy atom. The third-order valence-corrected chi connectivity index (χ3v) is 2.18. The zero-order valence-corrected chi connectivity index (χ0v) is 7.87. The second kappa shape index (κ2) is 4.33. The fraction of sp³-hybridized carbons (Fsp3) is 0.875. The second-order valence-corrected chi connectivity index (χ2v) is 3.26. The largest absolute Gasteiger partial charge is 0.388 e. The van der Waals surface area contributed by atoms with E-state index in [0.717, 1.165) is 0 Å². The van der Waals surface area contributed by atoms with Crippen LogP contribution in [-0.4, -0.2) is 63.9 Å². The van der Waals surface area contributed by atoms with E-state index < -0.39 is 24.1 Å². The van der Waals surface area contributed by atoms with Gasteiger partial charge in [0.05, 0.1) is 13.2 Å². The van der Waals surface area contributed by atoms with E-state index in [1.807, 2.05) is 0 Å². The van der Waals surface area contributed by atoms with E-state index in [4.69, 9.17) is 9.84 Å². The minimum absolute atomic E-state index is 0.172. The zero-order valence-electron chi connectivity index (χ0n) is 7.87. The summed E-state index contributed by atoms with van der Waals surface area (Å²) in [5.74, 6) is -1.91. The third-order valence-electron chi connectivity index (χ3n) is 2.18. The standard InChI is InChI=1S/C8H15NO5/c1-2-9-4-8(13)7(12)6(11)5(10)3-14-8/h2,5-7,10-13H,3-4H2,1H3. The van der Waals surface area contributed by atoms with Gasteiger partial charge >= 0.3 is 0 Å². The Morgan fingerprint density at radius 1 is 1.50 bits per heavy atom. The molecule has 82 valence electrons. The smallest absolute Gasteiger partial charge is 0.215 e. The van der Waals surface area contributed by atoms with Crippen molar-refractivity contribution in [1.29, 1.82) is 0 Å². The van der Waals surface area contributed by atoms with E-state index in [1.54, 1.807) is 6.92 Å². The lowest BCUT2D eigenvalue weighted by Gasteiger charge is -2.40. The first-order valence-electron chi connectivity index (χ1n) is 4.36. The number of rotatable bonds is 2. The van der Waals surface area contributed by atoms with E-state index in [9.17, 15) is 15.3 Å². The van der Waals surface area contributed by atoms with Crippen LogP contribution in [0.2, 0.25) is 0 Å². The van der Waals surface area contributed by atoms with Crippen LogP contribution in [0.4, 0.5) is 0 Å². The predicted octanol–water partition coefficient (Wildman–Crippen LogP) is -2.12. The van der Waals surface area contributed by atoms with Crippen molar-refractivity contribution in [2.75, 3.05) is 13.2 Å². The highest BCUT2D eigenvalue weighted by Crippen LogP contribution is 2.24. The molecule has 1 saturated heterocycles. The molecule has 1 aliphatic rings. The van der Waals surface area contributed by atoms with E-state index in [0.29, 0.717) is 0 Å². The minimum Gasteiger partial charge on any atom is -0.388 e. The first-order valence-corrected chi connectivity index (χ1v) is 4.36. The van der Waals surface area contributed by atoms with Gasteiger partial charge in [-0.05, 0) is 13.1 Å². The Kier molecular flexibility index (Phi) is 3.57. The van der Waals surface area contributed by atoms with Crippen molar-refractivity contribution >= 4 is 6.21 Å². The van der Waals surface area contributed by atoms with E-state index in [2.05, 4.69) is 4.99 Å². The summed E-state index contributed by atoms with van der Waals surface area (Å²) in [6.45, 7) is 1.26. The molecule has 6 heteroatoms. The quantitative estimate of drug-likeness (QED) is 0.386. The first-order chi connectivity index (χ1) is 6.51. The molecule has 1 heterocycles. The normalized spacial score (nSPS) is 44.5. The molecule has 1 rings (SSSR count). The van der Waals surface area contributed by atoms with E-state index in [-0.39, 0.29) is 13.2 Å². The molecule has 1 fully saturated rings.